The molecule has 108 valence electrons. The number of nitrogens with one attached hydrogen (secondary N) is 1. The molecular formula is C15H13FN2O2S. The van der Waals surface area contributed by atoms with Gasteiger partial charge in [-0.3, -0.25) is 4.79 Å². The normalized spacial score (nSPS) is 10.0. The Morgan fingerprint density at radius 2 is 2.00 bits per heavy atom. The lowest BCUT2D eigenvalue weighted by Crippen LogP contribution is -2.16. The number of rotatable bonds is 4. The van der Waals surface area contributed by atoms with Gasteiger partial charge in [0.25, 0.3) is 5.91 Å². The van der Waals surface area contributed by atoms with Crippen molar-refractivity contribution < 1.29 is 13.9 Å². The van der Waals surface area contributed by atoms with E-state index >= 15 is 0 Å². The summed E-state index contributed by atoms with van der Waals surface area (Å²) >= 11 is 4.87. The summed E-state index contributed by atoms with van der Waals surface area (Å²) in [6, 6.07) is 10.9. The molecule has 0 aliphatic carbocycles. The molecule has 2 rings (SSSR count). The van der Waals surface area contributed by atoms with Gasteiger partial charge in [-0.2, -0.15) is 0 Å². The molecule has 21 heavy (non-hydrogen) atoms. The van der Waals surface area contributed by atoms with E-state index in [1.54, 1.807) is 24.3 Å². The van der Waals surface area contributed by atoms with Crippen LogP contribution < -0.4 is 15.8 Å². The summed E-state index contributed by atoms with van der Waals surface area (Å²) in [4.78, 5) is 12.4. The second-order valence-corrected chi connectivity index (χ2v) is 4.66. The van der Waals surface area contributed by atoms with Gasteiger partial charge in [0.15, 0.2) is 0 Å². The van der Waals surface area contributed by atoms with Crippen molar-refractivity contribution in [3.8, 4) is 5.75 Å². The molecule has 0 bridgehead atoms. The lowest BCUT2D eigenvalue weighted by atomic mass is 10.1. The number of nitrogens with two attached hydrogens (primary N) is 1. The molecule has 0 saturated carbocycles. The van der Waals surface area contributed by atoms with E-state index in [1.165, 1.54) is 25.3 Å². The van der Waals surface area contributed by atoms with E-state index in [0.717, 1.165) is 0 Å². The molecule has 0 spiro atoms. The molecular weight excluding hydrogens is 291 g/mol. The SMILES string of the molecule is COc1cccc(F)c1C(=O)Nc1cccc(C(N)=S)c1. The molecule has 0 aliphatic rings. The van der Waals surface area contributed by atoms with Crippen molar-refractivity contribution in [1.29, 1.82) is 0 Å². The molecule has 0 atom stereocenters. The number of carbonyl (C=O) groups is 1. The molecule has 0 aromatic heterocycles. The Morgan fingerprint density at radius 3 is 2.67 bits per heavy atom. The van der Waals surface area contributed by atoms with Gasteiger partial charge in [-0.15, -0.1) is 0 Å². The molecule has 0 heterocycles. The molecule has 2 aromatic rings. The number of carbonyl (C=O) groups excluding carboxylic acids is 1. The summed E-state index contributed by atoms with van der Waals surface area (Å²) in [6.45, 7) is 0. The van der Waals surface area contributed by atoms with Crippen LogP contribution in [0.15, 0.2) is 42.5 Å². The van der Waals surface area contributed by atoms with E-state index in [0.29, 0.717) is 11.3 Å². The minimum atomic E-state index is -0.655. The van der Waals surface area contributed by atoms with Crippen molar-refractivity contribution in [1.82, 2.24) is 0 Å². The predicted molar refractivity (Wildman–Crippen MR) is 83.2 cm³/mol. The van der Waals surface area contributed by atoms with Gasteiger partial charge >= 0.3 is 0 Å². The van der Waals surface area contributed by atoms with Crippen molar-refractivity contribution in [2.24, 2.45) is 5.73 Å². The number of anilines is 1. The Kier molecular flexibility index (Phi) is 4.49. The molecule has 1 amide bonds. The first-order valence-electron chi connectivity index (χ1n) is 6.06. The van der Waals surface area contributed by atoms with E-state index in [1.807, 2.05) is 0 Å². The van der Waals surface area contributed by atoms with E-state index in [2.05, 4.69) is 5.32 Å². The van der Waals surface area contributed by atoms with Crippen LogP contribution in [0.5, 0.6) is 5.75 Å². The highest BCUT2D eigenvalue weighted by atomic mass is 32.1. The van der Waals surface area contributed by atoms with Crippen LogP contribution in [0.1, 0.15) is 15.9 Å². The van der Waals surface area contributed by atoms with Gasteiger partial charge in [0.2, 0.25) is 0 Å². The number of ether oxygens (including phenoxy) is 1. The number of halogens is 1. The zero-order chi connectivity index (χ0) is 15.4. The Morgan fingerprint density at radius 1 is 1.29 bits per heavy atom. The maximum atomic E-state index is 13.8. The van der Waals surface area contributed by atoms with Crippen LogP contribution in [0.4, 0.5) is 10.1 Å². The van der Waals surface area contributed by atoms with Gasteiger partial charge in [-0.05, 0) is 24.3 Å². The summed E-state index contributed by atoms with van der Waals surface area (Å²) in [5.74, 6) is -1.10. The largest absolute Gasteiger partial charge is 0.496 e. The summed E-state index contributed by atoms with van der Waals surface area (Å²) in [5.41, 5.74) is 6.46. The first-order valence-corrected chi connectivity index (χ1v) is 6.47. The minimum Gasteiger partial charge on any atom is -0.496 e. The molecule has 2 aromatic carbocycles. The predicted octanol–water partition coefficient (Wildman–Crippen LogP) is 2.72. The number of thiocarbonyl (C=S) groups is 1. The summed E-state index contributed by atoms with van der Waals surface area (Å²) in [6.07, 6.45) is 0. The van der Waals surface area contributed by atoms with Gasteiger partial charge in [0.05, 0.1) is 7.11 Å². The van der Waals surface area contributed by atoms with Crippen LogP contribution in [0.2, 0.25) is 0 Å². The molecule has 0 unspecified atom stereocenters. The van der Waals surface area contributed by atoms with Gasteiger partial charge < -0.3 is 15.8 Å². The molecule has 0 aliphatic heterocycles. The Labute approximate surface area is 126 Å². The van der Waals surface area contributed by atoms with Gasteiger partial charge in [0.1, 0.15) is 22.1 Å². The van der Waals surface area contributed by atoms with Crippen molar-refractivity contribution in [2.75, 3.05) is 12.4 Å². The number of methoxy groups -OCH3 is 1. The van der Waals surface area contributed by atoms with E-state index in [9.17, 15) is 9.18 Å². The zero-order valence-electron chi connectivity index (χ0n) is 11.2. The lowest BCUT2D eigenvalue weighted by Gasteiger charge is -2.10. The average molecular weight is 304 g/mol. The first kappa shape index (κ1) is 14.9. The maximum absolute atomic E-state index is 13.8. The standard InChI is InChI=1S/C15H13FN2O2S/c1-20-12-7-3-6-11(16)13(12)15(19)18-10-5-2-4-9(8-10)14(17)21/h2-8H,1H3,(H2,17,21)(H,18,19). The molecule has 3 N–H and O–H groups in total. The highest BCUT2D eigenvalue weighted by Gasteiger charge is 2.17. The van der Waals surface area contributed by atoms with Crippen molar-refractivity contribution >= 4 is 28.8 Å². The highest BCUT2D eigenvalue weighted by Crippen LogP contribution is 2.22. The monoisotopic (exact) mass is 304 g/mol. The molecule has 0 radical (unpaired) electrons. The van der Waals surface area contributed by atoms with Crippen LogP contribution in [-0.2, 0) is 0 Å². The van der Waals surface area contributed by atoms with Crippen LogP contribution in [0.3, 0.4) is 0 Å². The maximum Gasteiger partial charge on any atom is 0.262 e. The van der Waals surface area contributed by atoms with Gasteiger partial charge in [-0.25, -0.2) is 4.39 Å². The van der Waals surface area contributed by atoms with Crippen LogP contribution in [0.25, 0.3) is 0 Å². The number of hydrogen-bond acceptors (Lipinski definition) is 3. The molecule has 0 saturated heterocycles. The third-order valence-corrected chi connectivity index (χ3v) is 3.06. The number of benzene rings is 2. The van der Waals surface area contributed by atoms with Crippen molar-refractivity contribution in [2.45, 2.75) is 0 Å². The summed E-state index contributed by atoms with van der Waals surface area (Å²) in [7, 11) is 1.37. The summed E-state index contributed by atoms with van der Waals surface area (Å²) < 4.78 is 18.8. The fourth-order valence-corrected chi connectivity index (χ4v) is 1.97. The third kappa shape index (κ3) is 3.35. The fraction of sp³-hybridized carbons (Fsp3) is 0.0667. The smallest absolute Gasteiger partial charge is 0.262 e. The van der Waals surface area contributed by atoms with E-state index < -0.39 is 11.7 Å². The lowest BCUT2D eigenvalue weighted by molar-refractivity contribution is 0.102. The molecule has 4 nitrogen and oxygen atoms in total. The van der Waals surface area contributed by atoms with Gasteiger partial charge in [0, 0.05) is 11.3 Å². The minimum absolute atomic E-state index is 0.152. The van der Waals surface area contributed by atoms with Crippen molar-refractivity contribution in [3.05, 3.63) is 59.4 Å². The second-order valence-electron chi connectivity index (χ2n) is 4.22. The van der Waals surface area contributed by atoms with Crippen LogP contribution in [0, 0.1) is 5.82 Å². The second kappa shape index (κ2) is 6.32. The quantitative estimate of drug-likeness (QED) is 0.853. The Balaban J connectivity index is 2.30. The Hall–Kier alpha value is -2.47. The van der Waals surface area contributed by atoms with E-state index in [4.69, 9.17) is 22.7 Å². The number of hydrogen-bond donors (Lipinski definition) is 2. The van der Waals surface area contributed by atoms with Crippen LogP contribution >= 0.6 is 12.2 Å². The molecule has 0 fully saturated rings. The number of amides is 1. The van der Waals surface area contributed by atoms with Gasteiger partial charge in [-0.1, -0.05) is 30.4 Å². The average Bonchev–Trinajstić information content (AvgIpc) is 2.46. The topological polar surface area (TPSA) is 64.3 Å². The summed E-state index contributed by atoms with van der Waals surface area (Å²) in [5, 5.41) is 2.59. The van der Waals surface area contributed by atoms with Crippen LogP contribution in [-0.4, -0.2) is 18.0 Å². The Bertz CT molecular complexity index is 704. The third-order valence-electron chi connectivity index (χ3n) is 2.83. The highest BCUT2D eigenvalue weighted by molar-refractivity contribution is 7.80. The van der Waals surface area contributed by atoms with E-state index in [-0.39, 0.29) is 16.3 Å². The zero-order valence-corrected chi connectivity index (χ0v) is 12.0. The fourth-order valence-electron chi connectivity index (χ4n) is 1.84. The first-order chi connectivity index (χ1) is 10.0. The molecule has 6 heteroatoms. The van der Waals surface area contributed by atoms with Crippen molar-refractivity contribution in [3.63, 3.8) is 0 Å².